The van der Waals surface area contributed by atoms with Crippen molar-refractivity contribution in [3.8, 4) is 11.5 Å². The summed E-state index contributed by atoms with van der Waals surface area (Å²) >= 11 is 2.76. The van der Waals surface area contributed by atoms with E-state index in [9.17, 15) is 10.2 Å². The van der Waals surface area contributed by atoms with Crippen molar-refractivity contribution in [3.63, 3.8) is 0 Å². The molecule has 0 spiro atoms. The Hall–Kier alpha value is -0.963. The van der Waals surface area contributed by atoms with Crippen LogP contribution in [0.25, 0.3) is 10.8 Å². The van der Waals surface area contributed by atoms with Crippen LogP contribution in [-0.4, -0.2) is 74.4 Å². The van der Waals surface area contributed by atoms with Gasteiger partial charge >= 0.3 is 160 Å². The van der Waals surface area contributed by atoms with Crippen LogP contribution in [0.5, 0.6) is 11.5 Å². The number of hydrogen-bond donors (Lipinski definition) is 2. The second-order valence-corrected chi connectivity index (χ2v) is 7.93. The van der Waals surface area contributed by atoms with Gasteiger partial charge in [-0.05, 0) is 0 Å². The first kappa shape index (κ1) is 23.3. The quantitative estimate of drug-likeness (QED) is 0.425. The number of aliphatic hydroxyl groups is 1. The van der Waals surface area contributed by atoms with E-state index in [0.29, 0.717) is 12.3 Å². The third-order valence-electron chi connectivity index (χ3n) is 4.34. The third kappa shape index (κ3) is 7.13. The number of nitrogens with zero attached hydrogens (tertiary/aromatic N) is 2. The first-order chi connectivity index (χ1) is 13.6. The van der Waals surface area contributed by atoms with Gasteiger partial charge in [0.2, 0.25) is 0 Å². The maximum absolute atomic E-state index is 10.3. The van der Waals surface area contributed by atoms with Gasteiger partial charge in [-0.3, -0.25) is 0 Å². The number of allylic oxidation sites excluding steroid dienone is 1. The predicted octanol–water partition coefficient (Wildman–Crippen LogP) is 1.41. The molecule has 1 atom stereocenters. The zero-order valence-corrected chi connectivity index (χ0v) is 21.4. The number of β-amino-alcohol motifs (C(OH)–C–C–N with tert-alkyl or cyclic N) is 1. The Kier molecular flexibility index (Phi) is 10.5. The zero-order valence-electron chi connectivity index (χ0n) is 15.5. The number of phenols is 1. The molecule has 0 radical (unpaired) electrons. The number of ether oxygens (including phenoxy) is 1. The number of phenolic OH excluding ortho intramolecular Hbond substituents is 1. The summed E-state index contributed by atoms with van der Waals surface area (Å²) in [6.45, 7) is 9.55. The summed E-state index contributed by atoms with van der Waals surface area (Å²) in [6.07, 6.45) is 0.999. The second kappa shape index (κ2) is 12.6. The molecule has 1 unspecified atom stereocenters. The Labute approximate surface area is 188 Å². The minimum atomic E-state index is -0.538. The molecule has 1 fully saturated rings. The number of aromatic hydroxyl groups is 1. The van der Waals surface area contributed by atoms with Gasteiger partial charge in [0.15, 0.2) is 0 Å². The van der Waals surface area contributed by atoms with Gasteiger partial charge in [0.05, 0.1) is 0 Å². The van der Waals surface area contributed by atoms with Crippen molar-refractivity contribution in [2.45, 2.75) is 6.10 Å². The Bertz CT molecular complexity index is 786. The van der Waals surface area contributed by atoms with Crippen molar-refractivity contribution in [3.05, 3.63) is 49.1 Å². The molecule has 7 heteroatoms. The summed E-state index contributed by atoms with van der Waals surface area (Å²) in [4.78, 5) is 4.46. The first-order valence-electron chi connectivity index (χ1n) is 8.94. The normalized spacial score (nSPS) is 15.9. The second-order valence-electron chi connectivity index (χ2n) is 6.30. The molecular weight excluding hydrogens is 696 g/mol. The summed E-state index contributed by atoms with van der Waals surface area (Å²) in [5.74, 6) is 0.924. The van der Waals surface area contributed by atoms with Crippen molar-refractivity contribution < 1.29 is 53.7 Å². The number of aliphatic hydroxyl groups excluding tert-OH is 1. The number of rotatable bonds is 7. The molecule has 0 bridgehead atoms. The molecule has 2 aromatic carbocycles. The van der Waals surface area contributed by atoms with E-state index in [0.717, 1.165) is 37.0 Å². The van der Waals surface area contributed by atoms with Gasteiger partial charge in [0.1, 0.15) is 5.75 Å². The van der Waals surface area contributed by atoms with Crippen LogP contribution in [0.15, 0.2) is 42.5 Å². The number of hydrogen-bond acceptors (Lipinski definition) is 5. The van der Waals surface area contributed by atoms with Gasteiger partial charge in [-0.2, -0.15) is 0 Å². The number of piperazine rings is 1. The summed E-state index contributed by atoms with van der Waals surface area (Å²) < 4.78 is 10.9. The van der Waals surface area contributed by atoms with Gasteiger partial charge < -0.3 is 5.11 Å². The SMILES string of the molecule is Oc1ccc(OCC(O)CN2CCN([C-]=[W])CC2)c2ccccc12.[CH-]=C[CH]=[W]. The fourth-order valence-electron chi connectivity index (χ4n) is 2.94. The Morgan fingerprint density at radius 1 is 1.14 bits per heavy atom. The molecule has 1 saturated heterocycles. The average molecular weight is 720 g/mol. The van der Waals surface area contributed by atoms with Gasteiger partial charge in [-0.15, -0.1) is 0 Å². The van der Waals surface area contributed by atoms with E-state index in [2.05, 4.69) is 14.3 Å². The molecule has 2 N–H and O–H groups in total. The summed E-state index contributed by atoms with van der Waals surface area (Å²) in [7, 11) is 0. The molecule has 0 aromatic heterocycles. The van der Waals surface area contributed by atoms with Gasteiger partial charge in [0, 0.05) is 0 Å². The third-order valence-corrected chi connectivity index (χ3v) is 5.83. The van der Waals surface area contributed by atoms with Gasteiger partial charge in [-0.1, -0.05) is 18.2 Å². The first-order valence-corrected chi connectivity index (χ1v) is 12.1. The summed E-state index contributed by atoms with van der Waals surface area (Å²) in [6, 6.07) is 10.9. The zero-order chi connectivity index (χ0) is 20.4. The van der Waals surface area contributed by atoms with Gasteiger partial charge in [0.25, 0.3) is 0 Å². The van der Waals surface area contributed by atoms with Crippen LogP contribution in [0.2, 0.25) is 0 Å². The summed E-state index contributed by atoms with van der Waals surface area (Å²) in [5.41, 5.74) is 0. The predicted molar refractivity (Wildman–Crippen MR) is 105 cm³/mol. The van der Waals surface area contributed by atoms with Crippen molar-refractivity contribution in [1.82, 2.24) is 9.80 Å². The van der Waals surface area contributed by atoms with Crippen molar-refractivity contribution >= 4 is 19.7 Å². The Balaban J connectivity index is 0.000000640. The fraction of sp³-hybridized carbons (Fsp3) is 0.333. The number of benzene rings is 2. The molecule has 1 aliphatic heterocycles. The van der Waals surface area contributed by atoms with Crippen molar-refractivity contribution in [1.29, 1.82) is 0 Å². The van der Waals surface area contributed by atoms with Crippen LogP contribution >= 0.6 is 0 Å². The molecule has 28 heavy (non-hydrogen) atoms. The van der Waals surface area contributed by atoms with Crippen LogP contribution in [0.3, 0.4) is 0 Å². The molecule has 1 heterocycles. The topological polar surface area (TPSA) is 56.2 Å². The standard InChI is InChI=1S/C18H21N2O3.C3H3.2W/c1-19-8-10-20(11-9-19)12-14(21)13-23-18-7-6-17(22)15-4-2-3-5-16(15)18;1-3-2;;/h2-7,14,21-22H,8-13H2;1-3H;;/q2*-1;;. The molecular formula is C21H24N2O3W2-2. The maximum atomic E-state index is 10.3. The minimum absolute atomic E-state index is 0.239. The van der Waals surface area contributed by atoms with E-state index >= 15 is 0 Å². The molecule has 5 nitrogen and oxygen atoms in total. The van der Waals surface area contributed by atoms with Crippen LogP contribution < -0.4 is 4.74 Å². The van der Waals surface area contributed by atoms with E-state index in [4.69, 9.17) is 11.3 Å². The Morgan fingerprint density at radius 2 is 1.79 bits per heavy atom. The van der Waals surface area contributed by atoms with E-state index < -0.39 is 6.10 Å². The molecule has 0 aliphatic carbocycles. The number of fused-ring (bicyclic) bond motifs is 1. The van der Waals surface area contributed by atoms with Crippen LogP contribution in [0.1, 0.15) is 0 Å². The average Bonchev–Trinajstić information content (AvgIpc) is 2.74. The summed E-state index contributed by atoms with van der Waals surface area (Å²) in [5, 5.41) is 21.8. The van der Waals surface area contributed by atoms with Crippen LogP contribution in [0.4, 0.5) is 0 Å². The molecule has 1 aliphatic rings. The molecule has 3 rings (SSSR count). The molecule has 150 valence electrons. The van der Waals surface area contributed by atoms with E-state index in [1.165, 1.54) is 44.8 Å². The van der Waals surface area contributed by atoms with E-state index in [1.807, 2.05) is 28.7 Å². The van der Waals surface area contributed by atoms with E-state index in [-0.39, 0.29) is 12.4 Å². The van der Waals surface area contributed by atoms with Crippen molar-refractivity contribution in [2.24, 2.45) is 0 Å². The van der Waals surface area contributed by atoms with Crippen molar-refractivity contribution in [2.75, 3.05) is 39.3 Å². The molecule has 0 saturated carbocycles. The van der Waals surface area contributed by atoms with Crippen LogP contribution in [0, 0.1) is 6.58 Å². The molecule has 0 amide bonds. The fourth-order valence-corrected chi connectivity index (χ4v) is 3.60. The van der Waals surface area contributed by atoms with E-state index in [1.54, 1.807) is 12.1 Å². The monoisotopic (exact) mass is 720 g/mol. The van der Waals surface area contributed by atoms with Gasteiger partial charge in [-0.25, -0.2) is 0 Å². The molecule has 2 aromatic rings. The van der Waals surface area contributed by atoms with Crippen LogP contribution in [-0.2, 0) is 38.7 Å². The Morgan fingerprint density at radius 3 is 2.39 bits per heavy atom.